The van der Waals surface area contributed by atoms with Crippen molar-refractivity contribution >= 4 is 83.5 Å². The van der Waals surface area contributed by atoms with Gasteiger partial charge in [0, 0.05) is 39.0 Å². The number of ether oxygens (including phenoxy) is 2. The van der Waals surface area contributed by atoms with Crippen molar-refractivity contribution < 1.29 is 9.47 Å². The van der Waals surface area contributed by atoms with E-state index in [1.165, 1.54) is 32.7 Å². The largest absolute Gasteiger partial charge is 0.458 e. The summed E-state index contributed by atoms with van der Waals surface area (Å²) in [4.78, 5) is 2.32. The lowest BCUT2D eigenvalue weighted by Crippen LogP contribution is -2.57. The van der Waals surface area contributed by atoms with Crippen LogP contribution in [0.15, 0.2) is 237 Å². The highest BCUT2D eigenvalue weighted by molar-refractivity contribution is 6.98. The van der Waals surface area contributed by atoms with Gasteiger partial charge in [-0.2, -0.15) is 0 Å². The molecule has 0 radical (unpaired) electrons. The Morgan fingerprint density at radius 2 is 0.910 bits per heavy atom. The van der Waals surface area contributed by atoms with Crippen LogP contribution in [0, 0.1) is 0 Å². The van der Waals surface area contributed by atoms with Crippen LogP contribution in [0.2, 0.25) is 0 Å². The average molecular weight is 855 g/mol. The highest BCUT2D eigenvalue weighted by Gasteiger charge is 2.42. The summed E-state index contributed by atoms with van der Waals surface area (Å²) in [6.45, 7) is -0.184. The standard InChI is InChI=1S/C62H39BN2O2/c1-4-20-44(21-5-1)64(45-22-6-2-7-23-45)47-32-33-52-53-39-59-60-62(61(53)65(56(52)38-47)46-24-8-3-9-25-46)67-58-35-31-43(51-29-15-19-41-17-11-13-27-49(41)51)37-55(58)63(60)54-36-42(30-34-57(54)66-59)50-28-14-18-40-16-10-12-26-48(40)50/h1-39H. The van der Waals surface area contributed by atoms with E-state index in [2.05, 4.69) is 246 Å². The van der Waals surface area contributed by atoms with Crippen LogP contribution < -0.4 is 30.8 Å². The van der Waals surface area contributed by atoms with E-state index < -0.39 is 0 Å². The monoisotopic (exact) mass is 854 g/mol. The minimum Gasteiger partial charge on any atom is -0.458 e. The van der Waals surface area contributed by atoms with Crippen LogP contribution in [-0.2, 0) is 0 Å². The van der Waals surface area contributed by atoms with Gasteiger partial charge in [-0.1, -0.05) is 170 Å². The van der Waals surface area contributed by atoms with Crippen LogP contribution >= 0.6 is 0 Å². The number of aromatic nitrogens is 1. The number of para-hydroxylation sites is 3. The van der Waals surface area contributed by atoms with Gasteiger partial charge >= 0.3 is 0 Å². The number of hydrogen-bond donors (Lipinski definition) is 0. The summed E-state index contributed by atoms with van der Waals surface area (Å²) in [5.41, 5.74) is 14.3. The molecule has 2 aliphatic heterocycles. The molecule has 0 spiro atoms. The molecule has 5 heteroatoms. The molecule has 0 bridgehead atoms. The van der Waals surface area contributed by atoms with Crippen molar-refractivity contribution in [3.8, 4) is 50.9 Å². The molecule has 0 unspecified atom stereocenters. The lowest BCUT2D eigenvalue weighted by molar-refractivity contribution is 0.468. The molecule has 0 aliphatic carbocycles. The van der Waals surface area contributed by atoms with Gasteiger partial charge in [0.15, 0.2) is 5.75 Å². The van der Waals surface area contributed by atoms with E-state index in [1.807, 2.05) is 0 Å². The van der Waals surface area contributed by atoms with Crippen LogP contribution in [0.4, 0.5) is 17.1 Å². The van der Waals surface area contributed by atoms with Crippen molar-refractivity contribution in [3.63, 3.8) is 0 Å². The highest BCUT2D eigenvalue weighted by Crippen LogP contribution is 2.47. The predicted octanol–water partition coefficient (Wildman–Crippen LogP) is 14.6. The number of benzene rings is 11. The minimum absolute atomic E-state index is 0.184. The average Bonchev–Trinajstić information content (AvgIpc) is 3.72. The van der Waals surface area contributed by atoms with E-state index in [4.69, 9.17) is 9.47 Å². The van der Waals surface area contributed by atoms with Gasteiger partial charge in [-0.25, -0.2) is 0 Å². The Kier molecular flexibility index (Phi) is 8.34. The minimum atomic E-state index is -0.184. The molecule has 0 amide bonds. The first-order valence-electron chi connectivity index (χ1n) is 22.9. The highest BCUT2D eigenvalue weighted by atomic mass is 16.5. The van der Waals surface area contributed by atoms with E-state index in [0.717, 1.165) is 95.1 Å². The van der Waals surface area contributed by atoms with Crippen molar-refractivity contribution in [1.82, 2.24) is 4.57 Å². The fraction of sp³-hybridized carbons (Fsp3) is 0. The van der Waals surface area contributed by atoms with Crippen molar-refractivity contribution in [2.45, 2.75) is 0 Å². The molecule has 0 saturated carbocycles. The van der Waals surface area contributed by atoms with Gasteiger partial charge in [0.1, 0.15) is 17.2 Å². The fourth-order valence-electron chi connectivity index (χ4n) is 10.9. The molecule has 3 heterocycles. The SMILES string of the molecule is c1ccc(N(c2ccccc2)c2ccc3c4cc5c6c(c4n(-c4ccccc4)c3c2)Oc2ccc(-c3cccc4ccccc34)cc2B6c2cc(-c3cccc4ccccc34)ccc2O5)cc1. The Labute approximate surface area is 388 Å². The normalized spacial score (nSPS) is 12.4. The number of fused-ring (bicyclic) bond motifs is 10. The maximum absolute atomic E-state index is 7.40. The van der Waals surface area contributed by atoms with Crippen LogP contribution in [-0.4, -0.2) is 11.3 Å². The third-order valence-corrected chi connectivity index (χ3v) is 13.9. The molecule has 312 valence electrons. The molecule has 1 aromatic heterocycles. The molecule has 14 rings (SSSR count). The summed E-state index contributed by atoms with van der Waals surface area (Å²) in [6, 6.07) is 84.9. The number of anilines is 3. The Balaban J connectivity index is 1.04. The summed E-state index contributed by atoms with van der Waals surface area (Å²) >= 11 is 0. The predicted molar refractivity (Wildman–Crippen MR) is 279 cm³/mol. The van der Waals surface area contributed by atoms with Gasteiger partial charge in [0.25, 0.3) is 6.71 Å². The van der Waals surface area contributed by atoms with Crippen molar-refractivity contribution in [3.05, 3.63) is 237 Å². The maximum Gasteiger partial charge on any atom is 0.260 e. The number of hydrogen-bond acceptors (Lipinski definition) is 3. The van der Waals surface area contributed by atoms with E-state index in [1.54, 1.807) is 0 Å². The van der Waals surface area contributed by atoms with Gasteiger partial charge in [-0.3, -0.25) is 0 Å². The summed E-state index contributed by atoms with van der Waals surface area (Å²) in [5.74, 6) is 3.32. The fourth-order valence-corrected chi connectivity index (χ4v) is 10.9. The zero-order chi connectivity index (χ0) is 44.0. The molecule has 11 aromatic carbocycles. The van der Waals surface area contributed by atoms with Gasteiger partial charge < -0.3 is 18.9 Å². The van der Waals surface area contributed by atoms with Gasteiger partial charge in [0.05, 0.1) is 11.0 Å². The summed E-state index contributed by atoms with van der Waals surface area (Å²) < 4.78 is 16.9. The van der Waals surface area contributed by atoms with E-state index >= 15 is 0 Å². The second kappa shape index (κ2) is 14.9. The van der Waals surface area contributed by atoms with Crippen LogP contribution in [0.25, 0.3) is 71.3 Å². The molecule has 0 fully saturated rings. The quantitative estimate of drug-likeness (QED) is 0.156. The molecular formula is C62H39BN2O2. The molecule has 2 aliphatic rings. The Bertz CT molecular complexity index is 3800. The first kappa shape index (κ1) is 37.6. The zero-order valence-electron chi connectivity index (χ0n) is 36.3. The first-order chi connectivity index (χ1) is 33.2. The van der Waals surface area contributed by atoms with E-state index in [-0.39, 0.29) is 6.71 Å². The Morgan fingerprint density at radius 1 is 0.373 bits per heavy atom. The van der Waals surface area contributed by atoms with Gasteiger partial charge in [0.2, 0.25) is 0 Å². The third kappa shape index (κ3) is 5.88. The topological polar surface area (TPSA) is 26.6 Å². The first-order valence-corrected chi connectivity index (χ1v) is 22.9. The smallest absolute Gasteiger partial charge is 0.260 e. The third-order valence-electron chi connectivity index (χ3n) is 13.9. The zero-order valence-corrected chi connectivity index (χ0v) is 36.3. The van der Waals surface area contributed by atoms with Crippen LogP contribution in [0.3, 0.4) is 0 Å². The molecule has 4 nitrogen and oxygen atoms in total. The molecule has 0 N–H and O–H groups in total. The van der Waals surface area contributed by atoms with Gasteiger partial charge in [-0.15, -0.1) is 0 Å². The number of rotatable bonds is 6. The van der Waals surface area contributed by atoms with E-state index in [0.29, 0.717) is 0 Å². The Morgan fingerprint density at radius 3 is 1.52 bits per heavy atom. The molecule has 12 aromatic rings. The van der Waals surface area contributed by atoms with Gasteiger partial charge in [-0.05, 0) is 121 Å². The van der Waals surface area contributed by atoms with Crippen molar-refractivity contribution in [2.24, 2.45) is 0 Å². The maximum atomic E-state index is 7.40. The van der Waals surface area contributed by atoms with Crippen LogP contribution in [0.5, 0.6) is 23.0 Å². The molecule has 67 heavy (non-hydrogen) atoms. The van der Waals surface area contributed by atoms with Crippen molar-refractivity contribution in [1.29, 1.82) is 0 Å². The second-order valence-corrected chi connectivity index (χ2v) is 17.6. The van der Waals surface area contributed by atoms with Crippen LogP contribution in [0.1, 0.15) is 0 Å². The lowest BCUT2D eigenvalue weighted by Gasteiger charge is -2.34. The lowest BCUT2D eigenvalue weighted by atomic mass is 9.34. The molecule has 0 atom stereocenters. The molecule has 0 saturated heterocycles. The summed E-state index contributed by atoms with van der Waals surface area (Å²) in [7, 11) is 0. The summed E-state index contributed by atoms with van der Waals surface area (Å²) in [5, 5.41) is 7.05. The number of nitrogens with zero attached hydrogens (tertiary/aromatic N) is 2. The van der Waals surface area contributed by atoms with Crippen molar-refractivity contribution in [2.75, 3.05) is 4.90 Å². The second-order valence-electron chi connectivity index (χ2n) is 17.6. The molecular weight excluding hydrogens is 816 g/mol. The Hall–Kier alpha value is -8.80. The van der Waals surface area contributed by atoms with E-state index in [9.17, 15) is 0 Å². The summed E-state index contributed by atoms with van der Waals surface area (Å²) in [6.07, 6.45) is 0.